The Bertz CT molecular complexity index is 206. The van der Waals surface area contributed by atoms with E-state index < -0.39 is 0 Å². The molecule has 1 saturated heterocycles. The van der Waals surface area contributed by atoms with Gasteiger partial charge in [0, 0.05) is 19.1 Å². The van der Waals surface area contributed by atoms with Gasteiger partial charge in [-0.05, 0) is 38.3 Å². The monoisotopic (exact) mass is 226 g/mol. The number of morpholine rings is 1. The smallest absolute Gasteiger partial charge is 0.0857 e. The van der Waals surface area contributed by atoms with E-state index >= 15 is 0 Å². The quantitative estimate of drug-likeness (QED) is 0.742. The number of hydrogen-bond donors (Lipinski definition) is 1. The summed E-state index contributed by atoms with van der Waals surface area (Å²) in [5, 5.41) is 3.69. The summed E-state index contributed by atoms with van der Waals surface area (Å²) in [5.74, 6) is 0.883. The molecule has 1 aliphatic heterocycles. The Balaban J connectivity index is 1.85. The fourth-order valence-corrected chi connectivity index (χ4v) is 2.60. The highest BCUT2D eigenvalue weighted by Gasteiger charge is 2.38. The van der Waals surface area contributed by atoms with Crippen molar-refractivity contribution in [3.05, 3.63) is 0 Å². The first-order chi connectivity index (χ1) is 7.85. The van der Waals surface area contributed by atoms with Crippen molar-refractivity contribution < 1.29 is 4.74 Å². The van der Waals surface area contributed by atoms with Gasteiger partial charge in [0.15, 0.2) is 0 Å². The van der Waals surface area contributed by atoms with Gasteiger partial charge in [-0.25, -0.2) is 0 Å². The zero-order valence-corrected chi connectivity index (χ0v) is 10.7. The van der Waals surface area contributed by atoms with Crippen molar-refractivity contribution in [3.63, 3.8) is 0 Å². The SMILES string of the molecule is CCCNC(C1CC1)C1CN(CC)CCO1. The van der Waals surface area contributed by atoms with Crippen molar-refractivity contribution in [1.29, 1.82) is 0 Å². The van der Waals surface area contributed by atoms with Gasteiger partial charge >= 0.3 is 0 Å². The molecular weight excluding hydrogens is 200 g/mol. The number of rotatable bonds is 6. The minimum absolute atomic E-state index is 0.424. The molecule has 3 heteroatoms. The van der Waals surface area contributed by atoms with Crippen LogP contribution >= 0.6 is 0 Å². The van der Waals surface area contributed by atoms with Crippen LogP contribution in [0.25, 0.3) is 0 Å². The highest BCUT2D eigenvalue weighted by Crippen LogP contribution is 2.35. The molecule has 2 fully saturated rings. The van der Waals surface area contributed by atoms with E-state index in [0.717, 1.165) is 38.7 Å². The second kappa shape index (κ2) is 5.99. The summed E-state index contributed by atoms with van der Waals surface area (Å²) in [6.45, 7) is 9.91. The van der Waals surface area contributed by atoms with Crippen molar-refractivity contribution in [3.8, 4) is 0 Å². The molecule has 1 N–H and O–H groups in total. The van der Waals surface area contributed by atoms with Crippen LogP contribution in [-0.2, 0) is 4.74 Å². The molecule has 1 saturated carbocycles. The molecule has 94 valence electrons. The molecule has 0 bridgehead atoms. The fraction of sp³-hybridized carbons (Fsp3) is 1.00. The molecule has 0 amide bonds. The van der Waals surface area contributed by atoms with E-state index in [4.69, 9.17) is 4.74 Å². The molecule has 0 aromatic heterocycles. The third kappa shape index (κ3) is 3.19. The molecule has 2 unspecified atom stereocenters. The van der Waals surface area contributed by atoms with Gasteiger partial charge in [0.05, 0.1) is 12.7 Å². The number of ether oxygens (including phenoxy) is 1. The van der Waals surface area contributed by atoms with Crippen molar-refractivity contribution in [2.75, 3.05) is 32.8 Å². The zero-order chi connectivity index (χ0) is 11.4. The molecule has 0 spiro atoms. The predicted octanol–water partition coefficient (Wildman–Crippen LogP) is 1.49. The third-order valence-electron chi connectivity index (χ3n) is 3.79. The molecule has 2 aliphatic rings. The maximum absolute atomic E-state index is 5.97. The molecule has 0 aromatic carbocycles. The van der Waals surface area contributed by atoms with Crippen LogP contribution in [0, 0.1) is 5.92 Å². The van der Waals surface area contributed by atoms with Gasteiger partial charge in [-0.15, -0.1) is 0 Å². The number of likely N-dealkylation sites (N-methyl/N-ethyl adjacent to an activating group) is 1. The van der Waals surface area contributed by atoms with E-state index in [1.165, 1.54) is 19.3 Å². The third-order valence-corrected chi connectivity index (χ3v) is 3.79. The lowest BCUT2D eigenvalue weighted by Gasteiger charge is -2.37. The van der Waals surface area contributed by atoms with E-state index in [1.807, 2.05) is 0 Å². The molecule has 1 aliphatic carbocycles. The molecule has 1 heterocycles. The van der Waals surface area contributed by atoms with Gasteiger partial charge in [-0.3, -0.25) is 4.90 Å². The van der Waals surface area contributed by atoms with E-state index in [2.05, 4.69) is 24.1 Å². The average molecular weight is 226 g/mol. The summed E-state index contributed by atoms with van der Waals surface area (Å²) >= 11 is 0. The number of nitrogens with one attached hydrogen (secondary N) is 1. The first kappa shape index (κ1) is 12.3. The van der Waals surface area contributed by atoms with Crippen molar-refractivity contribution in [2.24, 2.45) is 5.92 Å². The van der Waals surface area contributed by atoms with Gasteiger partial charge in [0.25, 0.3) is 0 Å². The molecule has 16 heavy (non-hydrogen) atoms. The molecule has 0 aromatic rings. The lowest BCUT2D eigenvalue weighted by molar-refractivity contribution is -0.0485. The second-order valence-corrected chi connectivity index (χ2v) is 5.12. The fourth-order valence-electron chi connectivity index (χ4n) is 2.60. The zero-order valence-electron chi connectivity index (χ0n) is 10.7. The lowest BCUT2D eigenvalue weighted by Crippen LogP contribution is -2.53. The maximum atomic E-state index is 5.97. The molecule has 3 nitrogen and oxygen atoms in total. The number of nitrogens with zero attached hydrogens (tertiary/aromatic N) is 1. The van der Waals surface area contributed by atoms with Crippen molar-refractivity contribution >= 4 is 0 Å². The molecule has 0 radical (unpaired) electrons. The molecule has 2 rings (SSSR count). The Kier molecular flexibility index (Phi) is 4.62. The van der Waals surface area contributed by atoms with Crippen LogP contribution < -0.4 is 5.32 Å². The first-order valence-corrected chi connectivity index (χ1v) is 6.92. The summed E-state index contributed by atoms with van der Waals surface area (Å²) in [4.78, 5) is 2.51. The van der Waals surface area contributed by atoms with Gasteiger partial charge in [-0.2, -0.15) is 0 Å². The summed E-state index contributed by atoms with van der Waals surface area (Å²) in [6.07, 6.45) is 4.43. The Hall–Kier alpha value is -0.120. The highest BCUT2D eigenvalue weighted by atomic mass is 16.5. The van der Waals surface area contributed by atoms with Gasteiger partial charge in [0.2, 0.25) is 0 Å². The Labute approximate surface area is 99.5 Å². The molecular formula is C13H26N2O. The van der Waals surface area contributed by atoms with Crippen LogP contribution in [0.3, 0.4) is 0 Å². The maximum Gasteiger partial charge on any atom is 0.0857 e. The van der Waals surface area contributed by atoms with Crippen LogP contribution in [0.15, 0.2) is 0 Å². The molecule has 2 atom stereocenters. The van der Waals surface area contributed by atoms with E-state index in [-0.39, 0.29) is 0 Å². The Morgan fingerprint density at radius 2 is 2.19 bits per heavy atom. The van der Waals surface area contributed by atoms with E-state index in [0.29, 0.717) is 12.1 Å². The summed E-state index contributed by atoms with van der Waals surface area (Å²) in [7, 11) is 0. The van der Waals surface area contributed by atoms with E-state index in [9.17, 15) is 0 Å². The van der Waals surface area contributed by atoms with Crippen molar-refractivity contribution in [1.82, 2.24) is 10.2 Å². The van der Waals surface area contributed by atoms with Crippen molar-refractivity contribution in [2.45, 2.75) is 45.3 Å². The summed E-state index contributed by atoms with van der Waals surface area (Å²) in [6, 6.07) is 0.606. The van der Waals surface area contributed by atoms with Gasteiger partial charge in [-0.1, -0.05) is 13.8 Å². The minimum Gasteiger partial charge on any atom is -0.374 e. The van der Waals surface area contributed by atoms with Gasteiger partial charge < -0.3 is 10.1 Å². The van der Waals surface area contributed by atoms with Crippen LogP contribution in [-0.4, -0.2) is 49.8 Å². The predicted molar refractivity (Wildman–Crippen MR) is 66.7 cm³/mol. The van der Waals surface area contributed by atoms with Crippen LogP contribution in [0.4, 0.5) is 0 Å². The van der Waals surface area contributed by atoms with Crippen LogP contribution in [0.2, 0.25) is 0 Å². The normalized spacial score (nSPS) is 29.2. The standard InChI is InChI=1S/C13H26N2O/c1-3-7-14-13(11-5-6-11)12-10-15(4-2)8-9-16-12/h11-14H,3-10H2,1-2H3. The van der Waals surface area contributed by atoms with Gasteiger partial charge in [0.1, 0.15) is 0 Å². The average Bonchev–Trinajstić information content (AvgIpc) is 3.14. The second-order valence-electron chi connectivity index (χ2n) is 5.12. The summed E-state index contributed by atoms with van der Waals surface area (Å²) < 4.78 is 5.97. The topological polar surface area (TPSA) is 24.5 Å². The van der Waals surface area contributed by atoms with Crippen LogP contribution in [0.1, 0.15) is 33.1 Å². The number of hydrogen-bond acceptors (Lipinski definition) is 3. The summed E-state index contributed by atoms with van der Waals surface area (Å²) in [5.41, 5.74) is 0. The van der Waals surface area contributed by atoms with E-state index in [1.54, 1.807) is 0 Å². The minimum atomic E-state index is 0.424. The Morgan fingerprint density at radius 1 is 1.38 bits per heavy atom. The van der Waals surface area contributed by atoms with Crippen LogP contribution in [0.5, 0.6) is 0 Å². The first-order valence-electron chi connectivity index (χ1n) is 6.92. The highest BCUT2D eigenvalue weighted by molar-refractivity contribution is 4.93. The Morgan fingerprint density at radius 3 is 2.81 bits per heavy atom. The lowest BCUT2D eigenvalue weighted by atomic mass is 10.0. The largest absolute Gasteiger partial charge is 0.374 e.